The molecule has 0 radical (unpaired) electrons. The Morgan fingerprint density at radius 2 is 1.23 bits per heavy atom. The molecule has 0 spiro atoms. The van der Waals surface area contributed by atoms with Gasteiger partial charge >= 0.3 is 142 Å². The van der Waals surface area contributed by atoms with E-state index in [9.17, 15) is 0 Å². The van der Waals surface area contributed by atoms with Gasteiger partial charge in [-0.05, 0) is 0 Å². The summed E-state index contributed by atoms with van der Waals surface area (Å²) in [5.74, 6) is 0.838. The second-order valence-electron chi connectivity index (χ2n) is 6.76. The Morgan fingerprint density at radius 3 is 1.55 bits per heavy atom. The molecule has 1 heterocycles. The molecular weight excluding hydrogens is 377 g/mol. The fourth-order valence-electron chi connectivity index (χ4n) is 3.18. The van der Waals surface area contributed by atoms with Crippen LogP contribution in [-0.2, 0) is 0 Å². The molecule has 0 saturated carbocycles. The zero-order valence-electron chi connectivity index (χ0n) is 15.4. The van der Waals surface area contributed by atoms with Crippen LogP contribution in [0, 0.1) is 0 Å². The van der Waals surface area contributed by atoms with Crippen molar-refractivity contribution in [1.29, 1.82) is 0 Å². The predicted octanol–water partition coefficient (Wildman–Crippen LogP) is 4.60. The van der Waals surface area contributed by atoms with E-state index < -0.39 is 18.4 Å². The maximum atomic E-state index is 4.64. The van der Waals surface area contributed by atoms with Gasteiger partial charge in [-0.2, -0.15) is 0 Å². The molecule has 1 rings (SSSR count). The molecule has 22 heavy (non-hydrogen) atoms. The van der Waals surface area contributed by atoms with Crippen LogP contribution in [0.5, 0.6) is 0 Å². The van der Waals surface area contributed by atoms with Gasteiger partial charge in [-0.15, -0.1) is 0 Å². The van der Waals surface area contributed by atoms with Crippen LogP contribution < -0.4 is 8.48 Å². The van der Waals surface area contributed by atoms with Gasteiger partial charge in [0.15, 0.2) is 0 Å². The molecule has 0 unspecified atom stereocenters. The standard InChI is InChI=1S/C6H8N3.3C4H9.Sn/c1-9(2)6-7-4-3-5-8-6;3*1-3-4-2;/h4-5H,1-2H3;3*1,3-4H2,2H3;. The Hall–Kier alpha value is -0.321. The van der Waals surface area contributed by atoms with E-state index in [-0.39, 0.29) is 0 Å². The summed E-state index contributed by atoms with van der Waals surface area (Å²) < 4.78 is 6.01. The number of rotatable bonds is 11. The van der Waals surface area contributed by atoms with Crippen molar-refractivity contribution >= 4 is 27.9 Å². The van der Waals surface area contributed by atoms with Gasteiger partial charge in [-0.3, -0.25) is 0 Å². The SMILES string of the molecule is CCC[CH2][Sn]([CH2]CCC)([CH2]CCC)[c]1cnc(N(C)C)nc1. The van der Waals surface area contributed by atoms with Crippen molar-refractivity contribution in [3.05, 3.63) is 12.4 Å². The van der Waals surface area contributed by atoms with Gasteiger partial charge in [0.2, 0.25) is 0 Å². The normalized spacial score (nSPS) is 11.7. The third-order valence-electron chi connectivity index (χ3n) is 4.68. The average molecular weight is 412 g/mol. The molecule has 3 nitrogen and oxygen atoms in total. The summed E-state index contributed by atoms with van der Waals surface area (Å²) in [5, 5.41) is 0. The maximum absolute atomic E-state index is 4.64. The van der Waals surface area contributed by atoms with Crippen LogP contribution in [0.4, 0.5) is 5.95 Å². The Morgan fingerprint density at radius 1 is 0.818 bits per heavy atom. The average Bonchev–Trinajstić information content (AvgIpc) is 2.54. The zero-order valence-corrected chi connectivity index (χ0v) is 18.2. The second-order valence-corrected chi connectivity index (χ2v) is 20.0. The van der Waals surface area contributed by atoms with Gasteiger partial charge in [-0.1, -0.05) is 0 Å². The van der Waals surface area contributed by atoms with Crippen LogP contribution in [0.15, 0.2) is 12.4 Å². The number of anilines is 1. The second kappa shape index (κ2) is 10.5. The number of nitrogens with zero attached hydrogens (tertiary/aromatic N) is 3. The molecule has 0 aliphatic carbocycles. The van der Waals surface area contributed by atoms with E-state index in [1.54, 1.807) is 3.58 Å². The van der Waals surface area contributed by atoms with Crippen molar-refractivity contribution in [3.8, 4) is 0 Å². The summed E-state index contributed by atoms with van der Waals surface area (Å²) >= 11 is -2.32. The molecule has 0 N–H and O–H groups in total. The Kier molecular flexibility index (Phi) is 9.37. The van der Waals surface area contributed by atoms with Crippen LogP contribution in [0.25, 0.3) is 0 Å². The van der Waals surface area contributed by atoms with Gasteiger partial charge in [0.25, 0.3) is 0 Å². The van der Waals surface area contributed by atoms with Crippen LogP contribution in [0.1, 0.15) is 59.3 Å². The summed E-state index contributed by atoms with van der Waals surface area (Å²) in [4.78, 5) is 11.3. The molecule has 0 aliphatic rings. The van der Waals surface area contributed by atoms with Gasteiger partial charge in [0, 0.05) is 0 Å². The first-order valence-corrected chi connectivity index (χ1v) is 16.6. The van der Waals surface area contributed by atoms with E-state index in [4.69, 9.17) is 0 Å². The van der Waals surface area contributed by atoms with E-state index in [2.05, 4.69) is 43.1 Å². The predicted molar refractivity (Wildman–Crippen MR) is 101 cm³/mol. The number of aromatic nitrogens is 2. The molecular formula is C18H35N3Sn. The summed E-state index contributed by atoms with van der Waals surface area (Å²) in [6.07, 6.45) is 12.5. The summed E-state index contributed by atoms with van der Waals surface area (Å²) in [6, 6.07) is 0. The molecule has 1 aromatic rings. The van der Waals surface area contributed by atoms with Crippen LogP contribution in [0.2, 0.25) is 13.3 Å². The Labute approximate surface area is 141 Å². The summed E-state index contributed by atoms with van der Waals surface area (Å²) in [7, 11) is 4.02. The molecule has 0 bridgehead atoms. The third-order valence-corrected chi connectivity index (χ3v) is 20.1. The first kappa shape index (κ1) is 19.7. The molecule has 4 heteroatoms. The van der Waals surface area contributed by atoms with Crippen molar-refractivity contribution in [2.75, 3.05) is 19.0 Å². The third kappa shape index (κ3) is 5.71. The van der Waals surface area contributed by atoms with E-state index >= 15 is 0 Å². The van der Waals surface area contributed by atoms with Crippen molar-refractivity contribution in [3.63, 3.8) is 0 Å². The fraction of sp³-hybridized carbons (Fsp3) is 0.778. The number of unbranched alkanes of at least 4 members (excludes halogenated alkanes) is 3. The van der Waals surface area contributed by atoms with Crippen LogP contribution >= 0.6 is 0 Å². The zero-order chi connectivity index (χ0) is 16.4. The molecule has 0 aromatic carbocycles. The molecule has 0 atom stereocenters. The van der Waals surface area contributed by atoms with Crippen molar-refractivity contribution < 1.29 is 0 Å². The van der Waals surface area contributed by atoms with Gasteiger partial charge < -0.3 is 0 Å². The quantitative estimate of drug-likeness (QED) is 0.498. The van der Waals surface area contributed by atoms with E-state index in [0.717, 1.165) is 5.95 Å². The molecule has 0 aliphatic heterocycles. The van der Waals surface area contributed by atoms with Gasteiger partial charge in [0.1, 0.15) is 0 Å². The van der Waals surface area contributed by atoms with E-state index in [1.807, 2.05) is 19.0 Å². The van der Waals surface area contributed by atoms with Gasteiger partial charge in [0.05, 0.1) is 0 Å². The van der Waals surface area contributed by atoms with E-state index in [0.29, 0.717) is 0 Å². The van der Waals surface area contributed by atoms with Crippen LogP contribution in [-0.4, -0.2) is 42.4 Å². The Balaban J connectivity index is 3.07. The van der Waals surface area contributed by atoms with Gasteiger partial charge in [-0.25, -0.2) is 0 Å². The number of hydrogen-bond donors (Lipinski definition) is 0. The minimum absolute atomic E-state index is 0.838. The molecule has 1 aromatic heterocycles. The van der Waals surface area contributed by atoms with Crippen molar-refractivity contribution in [1.82, 2.24) is 9.97 Å². The van der Waals surface area contributed by atoms with Crippen LogP contribution in [0.3, 0.4) is 0 Å². The summed E-state index contributed by atoms with van der Waals surface area (Å²) in [6.45, 7) is 6.96. The first-order chi connectivity index (χ1) is 10.6. The first-order valence-electron chi connectivity index (χ1n) is 9.09. The van der Waals surface area contributed by atoms with E-state index in [1.165, 1.54) is 51.8 Å². The molecule has 0 amide bonds. The topological polar surface area (TPSA) is 29.0 Å². The van der Waals surface area contributed by atoms with Crippen molar-refractivity contribution in [2.45, 2.75) is 72.6 Å². The molecule has 0 fully saturated rings. The fourth-order valence-corrected chi connectivity index (χ4v) is 18.5. The Bertz CT molecular complexity index is 382. The number of hydrogen-bond acceptors (Lipinski definition) is 3. The minimum atomic E-state index is -2.32. The molecule has 0 saturated heterocycles. The monoisotopic (exact) mass is 413 g/mol. The van der Waals surface area contributed by atoms with Crippen molar-refractivity contribution in [2.24, 2.45) is 0 Å². The summed E-state index contributed by atoms with van der Waals surface area (Å²) in [5.41, 5.74) is 0. The molecule has 126 valence electrons.